The zero-order valence-electron chi connectivity index (χ0n) is 14.8. The lowest BCUT2D eigenvalue weighted by Crippen LogP contribution is -2.31. The molecule has 0 saturated carbocycles. The van der Waals surface area contributed by atoms with Crippen LogP contribution in [0.5, 0.6) is 0 Å². The van der Waals surface area contributed by atoms with Gasteiger partial charge in [0.2, 0.25) is 0 Å². The number of benzene rings is 2. The van der Waals surface area contributed by atoms with Crippen molar-refractivity contribution in [1.29, 1.82) is 5.26 Å². The third kappa shape index (κ3) is 2.79. The predicted molar refractivity (Wildman–Crippen MR) is 99.7 cm³/mol. The number of hydrogen-bond donors (Lipinski definition) is 0. The van der Waals surface area contributed by atoms with Crippen molar-refractivity contribution >= 4 is 11.4 Å². The molecule has 24 heavy (non-hydrogen) atoms. The van der Waals surface area contributed by atoms with Crippen LogP contribution in [-0.4, -0.2) is 32.1 Å². The molecule has 0 amide bonds. The van der Waals surface area contributed by atoms with Crippen LogP contribution < -0.4 is 4.90 Å². The van der Waals surface area contributed by atoms with Crippen molar-refractivity contribution in [2.45, 2.75) is 25.2 Å². The minimum Gasteiger partial charge on any atom is -0.341 e. The van der Waals surface area contributed by atoms with Gasteiger partial charge in [0.1, 0.15) is 0 Å². The molecule has 0 aromatic heterocycles. The number of para-hydroxylation sites is 2. The highest BCUT2D eigenvalue weighted by Gasteiger charge is 2.38. The summed E-state index contributed by atoms with van der Waals surface area (Å²) in [5.74, 6) is 0. The maximum Gasteiger partial charge on any atom is 0.0895 e. The number of nitriles is 1. The largest absolute Gasteiger partial charge is 0.341 e. The van der Waals surface area contributed by atoms with Crippen LogP contribution in [0.25, 0.3) is 0 Å². The van der Waals surface area contributed by atoms with Crippen LogP contribution in [0.2, 0.25) is 0 Å². The summed E-state index contributed by atoms with van der Waals surface area (Å²) in [5, 5.41) is 10.2. The molecule has 3 nitrogen and oxygen atoms in total. The molecule has 1 atom stereocenters. The molecular weight excluding hydrogens is 294 g/mol. The van der Waals surface area contributed by atoms with E-state index in [1.807, 2.05) is 0 Å². The number of fused-ring (bicyclic) bond motifs is 2. The molecule has 0 unspecified atom stereocenters. The Morgan fingerprint density at radius 1 is 1.08 bits per heavy atom. The Kier molecular flexibility index (Phi) is 4.59. The van der Waals surface area contributed by atoms with Crippen molar-refractivity contribution in [2.24, 2.45) is 0 Å². The van der Waals surface area contributed by atoms with Crippen LogP contribution in [0.3, 0.4) is 0 Å². The Balaban J connectivity index is 2.22. The summed E-state index contributed by atoms with van der Waals surface area (Å²) in [6, 6.07) is 19.6. The van der Waals surface area contributed by atoms with Crippen LogP contribution in [-0.2, 0) is 11.8 Å². The summed E-state index contributed by atoms with van der Waals surface area (Å²) in [6.45, 7) is 3.96. The van der Waals surface area contributed by atoms with E-state index < -0.39 is 5.41 Å². The van der Waals surface area contributed by atoms with Gasteiger partial charge in [-0.2, -0.15) is 5.26 Å². The summed E-state index contributed by atoms with van der Waals surface area (Å²) in [4.78, 5) is 4.51. The molecule has 0 aliphatic carbocycles. The van der Waals surface area contributed by atoms with Gasteiger partial charge in [-0.05, 0) is 63.7 Å². The van der Waals surface area contributed by atoms with E-state index in [4.69, 9.17) is 0 Å². The van der Waals surface area contributed by atoms with Crippen molar-refractivity contribution in [3.8, 4) is 6.07 Å². The van der Waals surface area contributed by atoms with Gasteiger partial charge in [-0.25, -0.2) is 0 Å². The molecule has 0 radical (unpaired) electrons. The molecule has 0 N–H and O–H groups in total. The van der Waals surface area contributed by atoms with Crippen molar-refractivity contribution in [1.82, 2.24) is 4.90 Å². The maximum absolute atomic E-state index is 10.2. The van der Waals surface area contributed by atoms with Gasteiger partial charge < -0.3 is 9.80 Å². The predicted octanol–water partition coefficient (Wildman–Crippen LogP) is 4.11. The third-order valence-corrected chi connectivity index (χ3v) is 5.00. The molecule has 124 valence electrons. The lowest BCUT2D eigenvalue weighted by Gasteiger charge is -2.30. The quantitative estimate of drug-likeness (QED) is 0.849. The molecule has 0 fully saturated rings. The van der Waals surface area contributed by atoms with Crippen molar-refractivity contribution < 1.29 is 0 Å². The Morgan fingerprint density at radius 2 is 1.75 bits per heavy atom. The molecule has 2 aromatic carbocycles. The van der Waals surface area contributed by atoms with Crippen molar-refractivity contribution in [3.05, 3.63) is 59.7 Å². The van der Waals surface area contributed by atoms with Gasteiger partial charge in [-0.15, -0.1) is 0 Å². The maximum atomic E-state index is 10.2. The Labute approximate surface area is 145 Å². The van der Waals surface area contributed by atoms with Crippen LogP contribution in [0.1, 0.15) is 24.5 Å². The molecule has 0 saturated heterocycles. The number of hydrogen-bond acceptors (Lipinski definition) is 3. The van der Waals surface area contributed by atoms with Crippen molar-refractivity contribution in [3.63, 3.8) is 0 Å². The van der Waals surface area contributed by atoms with E-state index in [2.05, 4.69) is 85.4 Å². The van der Waals surface area contributed by atoms with Gasteiger partial charge in [0.05, 0.1) is 11.5 Å². The van der Waals surface area contributed by atoms with E-state index in [-0.39, 0.29) is 0 Å². The van der Waals surface area contributed by atoms with Crippen molar-refractivity contribution in [2.75, 3.05) is 32.1 Å². The van der Waals surface area contributed by atoms with E-state index >= 15 is 0 Å². The normalized spacial score (nSPS) is 19.4. The molecule has 3 rings (SSSR count). The van der Waals surface area contributed by atoms with E-state index in [0.29, 0.717) is 0 Å². The highest BCUT2D eigenvalue weighted by Crippen LogP contribution is 2.45. The van der Waals surface area contributed by atoms with Crippen LogP contribution >= 0.6 is 0 Å². The van der Waals surface area contributed by atoms with Gasteiger partial charge in [-0.3, -0.25) is 0 Å². The molecule has 1 aliphatic heterocycles. The SMILES string of the molecule is CCN1c2ccccc2C[C@@](C#N)(CCN(C)C)c2ccccc21. The Bertz CT molecular complexity index is 760. The first-order valence-corrected chi connectivity index (χ1v) is 8.62. The van der Waals surface area contributed by atoms with Gasteiger partial charge in [0.25, 0.3) is 0 Å². The highest BCUT2D eigenvalue weighted by atomic mass is 15.1. The highest BCUT2D eigenvalue weighted by molar-refractivity contribution is 5.73. The van der Waals surface area contributed by atoms with Gasteiger partial charge in [-0.1, -0.05) is 36.4 Å². The lowest BCUT2D eigenvalue weighted by molar-refractivity contribution is 0.352. The second-order valence-electron chi connectivity index (χ2n) is 6.81. The standard InChI is InChI=1S/C21H25N3/c1-4-24-19-11-7-5-9-17(19)15-21(16-22,13-14-23(2)3)18-10-6-8-12-20(18)24/h5-12H,4,13-15H2,1-3H3/t21-/m1/s1. The van der Waals surface area contributed by atoms with E-state index in [0.717, 1.165) is 31.5 Å². The fraction of sp³-hybridized carbons (Fsp3) is 0.381. The average molecular weight is 319 g/mol. The molecule has 3 heteroatoms. The molecule has 2 aromatic rings. The summed E-state index contributed by atoms with van der Waals surface area (Å²) in [6.07, 6.45) is 1.60. The summed E-state index contributed by atoms with van der Waals surface area (Å²) < 4.78 is 0. The summed E-state index contributed by atoms with van der Waals surface area (Å²) in [5.41, 5.74) is 4.34. The summed E-state index contributed by atoms with van der Waals surface area (Å²) >= 11 is 0. The number of nitrogens with zero attached hydrogens (tertiary/aromatic N) is 3. The number of rotatable bonds is 4. The minimum absolute atomic E-state index is 0.485. The average Bonchev–Trinajstić information content (AvgIpc) is 2.72. The topological polar surface area (TPSA) is 30.3 Å². The molecule has 0 bridgehead atoms. The molecule has 1 aliphatic rings. The summed E-state index contributed by atoms with van der Waals surface area (Å²) in [7, 11) is 4.14. The monoisotopic (exact) mass is 319 g/mol. The third-order valence-electron chi connectivity index (χ3n) is 5.00. The van der Waals surface area contributed by atoms with Crippen LogP contribution in [0, 0.1) is 11.3 Å². The second kappa shape index (κ2) is 6.67. The molecular formula is C21H25N3. The van der Waals surface area contributed by atoms with E-state index in [1.54, 1.807) is 0 Å². The zero-order chi connectivity index (χ0) is 17.2. The number of anilines is 2. The fourth-order valence-electron chi connectivity index (χ4n) is 3.72. The molecule has 0 spiro atoms. The Morgan fingerprint density at radius 3 is 2.42 bits per heavy atom. The lowest BCUT2D eigenvalue weighted by atomic mass is 9.74. The van der Waals surface area contributed by atoms with Gasteiger partial charge in [0.15, 0.2) is 0 Å². The first-order chi connectivity index (χ1) is 11.6. The van der Waals surface area contributed by atoms with Gasteiger partial charge >= 0.3 is 0 Å². The van der Waals surface area contributed by atoms with E-state index in [1.165, 1.54) is 16.9 Å². The first-order valence-electron chi connectivity index (χ1n) is 8.62. The van der Waals surface area contributed by atoms with Crippen LogP contribution in [0.15, 0.2) is 48.5 Å². The first kappa shape index (κ1) is 16.5. The minimum atomic E-state index is -0.485. The van der Waals surface area contributed by atoms with Gasteiger partial charge in [0, 0.05) is 17.9 Å². The smallest absolute Gasteiger partial charge is 0.0895 e. The Hall–Kier alpha value is -2.31. The zero-order valence-corrected chi connectivity index (χ0v) is 14.8. The van der Waals surface area contributed by atoms with E-state index in [9.17, 15) is 5.26 Å². The fourth-order valence-corrected chi connectivity index (χ4v) is 3.72. The second-order valence-corrected chi connectivity index (χ2v) is 6.81. The molecule has 1 heterocycles. The van der Waals surface area contributed by atoms with Crippen LogP contribution in [0.4, 0.5) is 11.4 Å².